The van der Waals surface area contributed by atoms with Crippen molar-refractivity contribution in [3.05, 3.63) is 131 Å². The van der Waals surface area contributed by atoms with Crippen molar-refractivity contribution in [2.75, 3.05) is 19.6 Å². The minimum atomic E-state index is -0.361. The van der Waals surface area contributed by atoms with E-state index in [1.807, 2.05) is 30.6 Å². The van der Waals surface area contributed by atoms with E-state index in [1.54, 1.807) is 12.3 Å². The lowest BCUT2D eigenvalue weighted by Gasteiger charge is -2.56. The van der Waals surface area contributed by atoms with Crippen LogP contribution in [0.3, 0.4) is 0 Å². The molecule has 3 aliphatic rings. The maximum Gasteiger partial charge on any atom is 0.163 e. The van der Waals surface area contributed by atoms with Gasteiger partial charge in [0.05, 0.1) is 17.5 Å². The van der Waals surface area contributed by atoms with Gasteiger partial charge in [0.2, 0.25) is 0 Å². The number of benzene rings is 2. The molecule has 53 heavy (non-hydrogen) atoms. The number of carbonyl (C=O) groups excluding carboxylic acids is 1. The van der Waals surface area contributed by atoms with E-state index in [9.17, 15) is 4.79 Å². The Morgan fingerprint density at radius 1 is 1.04 bits per heavy atom. The molecule has 1 saturated carbocycles. The molecule has 0 amide bonds. The number of nitrogens with zero attached hydrogens (tertiary/aromatic N) is 4. The molecule has 0 unspecified atom stereocenters. The molecular weight excluding hydrogens is 662 g/mol. The third-order valence-electron chi connectivity index (χ3n) is 12.0. The number of fused-ring (bicyclic) bond motifs is 1. The van der Waals surface area contributed by atoms with Crippen molar-refractivity contribution in [1.82, 2.24) is 24.8 Å². The minimum Gasteiger partial charge on any atom is -0.455 e. The zero-order valence-corrected chi connectivity index (χ0v) is 31.2. The third kappa shape index (κ3) is 7.58. The van der Waals surface area contributed by atoms with E-state index in [-0.39, 0.29) is 17.2 Å². The average molecular weight is 712 g/mol. The number of Topliss-reactive ketones (excluding diaryl/α,β-unsaturated/α-hetero) is 1. The van der Waals surface area contributed by atoms with Crippen molar-refractivity contribution in [2.45, 2.75) is 90.3 Å². The second-order valence-electron chi connectivity index (χ2n) is 15.9. The Bertz CT molecular complexity index is 2120. The Morgan fingerprint density at radius 2 is 1.89 bits per heavy atom. The monoisotopic (exact) mass is 711 g/mol. The van der Waals surface area contributed by atoms with Crippen LogP contribution in [0.25, 0.3) is 11.0 Å². The van der Waals surface area contributed by atoms with Gasteiger partial charge in [0.1, 0.15) is 23.0 Å². The van der Waals surface area contributed by atoms with Crippen LogP contribution in [0.5, 0.6) is 11.5 Å². The molecule has 0 bridgehead atoms. The Hall–Kier alpha value is -4.66. The van der Waals surface area contributed by atoms with E-state index in [4.69, 9.17) is 4.74 Å². The van der Waals surface area contributed by atoms with Gasteiger partial charge in [-0.1, -0.05) is 55.8 Å². The molecule has 1 spiro atoms. The number of rotatable bonds is 10. The summed E-state index contributed by atoms with van der Waals surface area (Å²) in [4.78, 5) is 30.1. The smallest absolute Gasteiger partial charge is 0.163 e. The topological polar surface area (TPSA) is 74.3 Å². The van der Waals surface area contributed by atoms with Crippen molar-refractivity contribution in [2.24, 2.45) is 5.41 Å². The van der Waals surface area contributed by atoms with Gasteiger partial charge in [0, 0.05) is 56.0 Å². The van der Waals surface area contributed by atoms with Crippen LogP contribution in [-0.2, 0) is 13.0 Å². The number of hydrogen-bond donors (Lipinski definition) is 1. The average Bonchev–Trinajstić information content (AvgIpc) is 3.51. The third-order valence-corrected chi connectivity index (χ3v) is 12.0. The van der Waals surface area contributed by atoms with Gasteiger partial charge in [-0.05, 0) is 116 Å². The first-order valence-corrected chi connectivity index (χ1v) is 19.3. The maximum atomic E-state index is 15.6. The molecule has 1 atom stereocenters. The lowest BCUT2D eigenvalue weighted by atomic mass is 9.60. The summed E-state index contributed by atoms with van der Waals surface area (Å²) in [5.74, 6) is 0.750. The molecule has 4 heterocycles. The molecular formula is C45H50FN5O2. The maximum absolute atomic E-state index is 15.6. The second kappa shape index (κ2) is 15.0. The summed E-state index contributed by atoms with van der Waals surface area (Å²) in [6.07, 6.45) is 14.9. The molecule has 2 aliphatic carbocycles. The fourth-order valence-corrected chi connectivity index (χ4v) is 9.19. The van der Waals surface area contributed by atoms with E-state index in [1.165, 1.54) is 49.0 Å². The standard InChI is InChI=1S/C45H50FN5O2/c1-30(2)38-11-4-5-12-39(38)42-29-50(28-35-10-6-7-17-47-35)19-20-51(42)36-25-45(26-36)15-8-9-32(13-16-45)21-34-23-43(40(31(3)52)24-41(34)46)53-37-22-33-14-18-48-44(33)49-27-37/h4-7,9-12,14,17-18,22-24,27,30,36,42H,8,13,15-16,19-21,25-26,28-29H2,1-3H3,(H,48,49)/t36?,42-,45?/m0/s1. The first-order chi connectivity index (χ1) is 25.7. The Labute approximate surface area is 312 Å². The fraction of sp³-hybridized carbons (Fsp3) is 0.400. The van der Waals surface area contributed by atoms with Crippen LogP contribution in [-0.4, -0.2) is 56.2 Å². The van der Waals surface area contributed by atoms with Crippen LogP contribution >= 0.6 is 0 Å². The molecule has 2 fully saturated rings. The lowest BCUT2D eigenvalue weighted by molar-refractivity contribution is -0.0593. The van der Waals surface area contributed by atoms with Crippen LogP contribution in [0.15, 0.2) is 97.0 Å². The zero-order chi connectivity index (χ0) is 36.5. The van der Waals surface area contributed by atoms with Crippen LogP contribution < -0.4 is 4.74 Å². The number of ether oxygens (including phenoxy) is 1. The Kier molecular flexibility index (Phi) is 10.0. The highest BCUT2D eigenvalue weighted by Gasteiger charge is 2.48. The quantitative estimate of drug-likeness (QED) is 0.115. The van der Waals surface area contributed by atoms with E-state index >= 15 is 4.39 Å². The van der Waals surface area contributed by atoms with Gasteiger partial charge in [-0.15, -0.1) is 0 Å². The molecule has 2 aromatic carbocycles. The molecule has 3 aromatic heterocycles. The Balaban J connectivity index is 0.948. The molecule has 1 aliphatic heterocycles. The van der Waals surface area contributed by atoms with Gasteiger partial charge < -0.3 is 9.72 Å². The number of hydrogen-bond acceptors (Lipinski definition) is 6. The van der Waals surface area contributed by atoms with Crippen molar-refractivity contribution in [1.29, 1.82) is 0 Å². The SMILES string of the molecule is CC(=O)c1cc(F)c(CC2=CCCC3(CC2)CC(N2CCN(Cc4ccccn4)C[C@H]2c2ccccc2C(C)C)C3)cc1Oc1cnc2[nH]ccc2c1. The number of carbonyl (C=O) groups is 1. The van der Waals surface area contributed by atoms with Crippen molar-refractivity contribution >= 4 is 16.8 Å². The van der Waals surface area contributed by atoms with E-state index in [0.717, 1.165) is 62.2 Å². The van der Waals surface area contributed by atoms with Crippen LogP contribution in [0.1, 0.15) is 104 Å². The summed E-state index contributed by atoms with van der Waals surface area (Å²) in [5, 5.41) is 0.906. The summed E-state index contributed by atoms with van der Waals surface area (Å²) >= 11 is 0. The largest absolute Gasteiger partial charge is 0.455 e. The number of piperazine rings is 1. The molecule has 7 nitrogen and oxygen atoms in total. The van der Waals surface area contributed by atoms with Gasteiger partial charge >= 0.3 is 0 Å². The van der Waals surface area contributed by atoms with E-state index in [2.05, 4.69) is 81.1 Å². The number of nitrogens with one attached hydrogen (secondary N) is 1. The fourth-order valence-electron chi connectivity index (χ4n) is 9.19. The number of halogens is 1. The van der Waals surface area contributed by atoms with Gasteiger partial charge in [-0.2, -0.15) is 0 Å². The molecule has 8 heteroatoms. The highest BCUT2D eigenvalue weighted by atomic mass is 19.1. The van der Waals surface area contributed by atoms with E-state index < -0.39 is 0 Å². The van der Waals surface area contributed by atoms with Crippen molar-refractivity contribution in [3.8, 4) is 11.5 Å². The second-order valence-corrected chi connectivity index (χ2v) is 15.9. The highest BCUT2D eigenvalue weighted by molar-refractivity contribution is 5.97. The minimum absolute atomic E-state index is 0.235. The predicted molar refractivity (Wildman–Crippen MR) is 208 cm³/mol. The van der Waals surface area contributed by atoms with Gasteiger partial charge in [-0.3, -0.25) is 19.6 Å². The van der Waals surface area contributed by atoms with E-state index in [0.29, 0.717) is 46.9 Å². The number of allylic oxidation sites excluding steroid dienone is 2. The number of ketones is 1. The van der Waals surface area contributed by atoms with Crippen LogP contribution in [0.2, 0.25) is 0 Å². The van der Waals surface area contributed by atoms with Crippen LogP contribution in [0.4, 0.5) is 4.39 Å². The number of aromatic nitrogens is 3. The highest BCUT2D eigenvalue weighted by Crippen LogP contribution is 2.54. The lowest BCUT2D eigenvalue weighted by Crippen LogP contribution is -2.58. The van der Waals surface area contributed by atoms with Gasteiger partial charge in [-0.25, -0.2) is 9.37 Å². The first kappa shape index (κ1) is 35.4. The molecule has 8 rings (SSSR count). The molecule has 5 aromatic rings. The van der Waals surface area contributed by atoms with Crippen molar-refractivity contribution in [3.63, 3.8) is 0 Å². The summed E-state index contributed by atoms with van der Waals surface area (Å²) in [6.45, 7) is 10.1. The van der Waals surface area contributed by atoms with Gasteiger partial charge in [0.15, 0.2) is 5.78 Å². The molecule has 0 radical (unpaired) electrons. The molecule has 1 saturated heterocycles. The van der Waals surface area contributed by atoms with Crippen LogP contribution in [0, 0.1) is 11.2 Å². The number of pyridine rings is 2. The first-order valence-electron chi connectivity index (χ1n) is 19.3. The summed E-state index contributed by atoms with van der Waals surface area (Å²) in [6, 6.07) is 23.1. The number of aromatic amines is 1. The molecule has 1 N–H and O–H groups in total. The zero-order valence-electron chi connectivity index (χ0n) is 31.2. The summed E-state index contributed by atoms with van der Waals surface area (Å²) < 4.78 is 21.8. The van der Waals surface area contributed by atoms with Gasteiger partial charge in [0.25, 0.3) is 0 Å². The Morgan fingerprint density at radius 3 is 2.70 bits per heavy atom. The summed E-state index contributed by atoms with van der Waals surface area (Å²) in [7, 11) is 0. The normalized spacial score (nSPS) is 22.5. The molecule has 274 valence electrons. The predicted octanol–water partition coefficient (Wildman–Crippen LogP) is 9.97. The number of H-pyrrole nitrogens is 1. The van der Waals surface area contributed by atoms with Crippen molar-refractivity contribution < 1.29 is 13.9 Å². The summed E-state index contributed by atoms with van der Waals surface area (Å²) in [5.41, 5.74) is 7.21.